The molecule has 5 nitrogen and oxygen atoms in total. The molecule has 5 heteroatoms. The highest BCUT2D eigenvalue weighted by Gasteiger charge is 2.37. The van der Waals surface area contributed by atoms with Crippen molar-refractivity contribution in [3.05, 3.63) is 23.8 Å². The molecule has 1 amide bonds. The molecule has 0 radical (unpaired) electrons. The summed E-state index contributed by atoms with van der Waals surface area (Å²) in [7, 11) is 0. The summed E-state index contributed by atoms with van der Waals surface area (Å²) in [5.74, 6) is -0.591. The van der Waals surface area contributed by atoms with Crippen LogP contribution in [-0.4, -0.2) is 57.6 Å². The van der Waals surface area contributed by atoms with Gasteiger partial charge >= 0.3 is 0 Å². The van der Waals surface area contributed by atoms with Gasteiger partial charge in [0.15, 0.2) is 0 Å². The summed E-state index contributed by atoms with van der Waals surface area (Å²) >= 11 is 0. The maximum absolute atomic E-state index is 12.6. The third-order valence-electron chi connectivity index (χ3n) is 4.43. The monoisotopic (exact) mass is 276 g/mol. The lowest BCUT2D eigenvalue weighted by atomic mass is 10.0. The molecule has 108 valence electrons. The van der Waals surface area contributed by atoms with Gasteiger partial charge in [0.1, 0.15) is 17.1 Å². The number of phenols is 2. The number of nitrogens with zero attached hydrogens (tertiary/aromatic N) is 2. The highest BCUT2D eigenvalue weighted by Crippen LogP contribution is 2.31. The number of piperazine rings is 1. The molecular formula is C15H20N2O3. The Balaban J connectivity index is 1.86. The van der Waals surface area contributed by atoms with Crippen LogP contribution in [0, 0.1) is 0 Å². The van der Waals surface area contributed by atoms with Crippen molar-refractivity contribution in [1.82, 2.24) is 9.80 Å². The second-order valence-corrected chi connectivity index (χ2v) is 5.77. The maximum atomic E-state index is 12.6. The van der Waals surface area contributed by atoms with Crippen LogP contribution in [0.2, 0.25) is 0 Å². The van der Waals surface area contributed by atoms with Gasteiger partial charge in [-0.05, 0) is 38.4 Å². The SMILES string of the molecule is CC1CN2CCCC2CN1C(=O)c1c(O)cccc1O. The van der Waals surface area contributed by atoms with Crippen molar-refractivity contribution in [1.29, 1.82) is 0 Å². The molecule has 0 bridgehead atoms. The zero-order chi connectivity index (χ0) is 14.3. The van der Waals surface area contributed by atoms with Crippen molar-refractivity contribution in [3.63, 3.8) is 0 Å². The number of aromatic hydroxyl groups is 2. The van der Waals surface area contributed by atoms with E-state index in [1.165, 1.54) is 24.6 Å². The Labute approximate surface area is 118 Å². The number of hydrogen-bond acceptors (Lipinski definition) is 4. The molecule has 0 aromatic heterocycles. The van der Waals surface area contributed by atoms with E-state index in [1.54, 1.807) is 4.90 Å². The fourth-order valence-corrected chi connectivity index (χ4v) is 3.36. The Morgan fingerprint density at radius 3 is 2.65 bits per heavy atom. The highest BCUT2D eigenvalue weighted by atomic mass is 16.3. The van der Waals surface area contributed by atoms with Crippen molar-refractivity contribution in [2.75, 3.05) is 19.6 Å². The lowest BCUT2D eigenvalue weighted by Gasteiger charge is -2.42. The normalized spacial score (nSPS) is 26.6. The van der Waals surface area contributed by atoms with Crippen molar-refractivity contribution in [2.24, 2.45) is 0 Å². The van der Waals surface area contributed by atoms with Crippen LogP contribution in [-0.2, 0) is 0 Å². The predicted molar refractivity (Wildman–Crippen MR) is 74.9 cm³/mol. The zero-order valence-corrected chi connectivity index (χ0v) is 11.6. The van der Waals surface area contributed by atoms with Gasteiger partial charge in [0.2, 0.25) is 0 Å². The predicted octanol–water partition coefficient (Wildman–Crippen LogP) is 1.41. The van der Waals surface area contributed by atoms with E-state index in [1.807, 2.05) is 6.92 Å². The molecule has 2 N–H and O–H groups in total. The molecule has 2 unspecified atom stereocenters. The van der Waals surface area contributed by atoms with Crippen molar-refractivity contribution < 1.29 is 15.0 Å². The molecule has 2 aliphatic rings. The quantitative estimate of drug-likeness (QED) is 0.814. The molecule has 2 aliphatic heterocycles. The van der Waals surface area contributed by atoms with Crippen LogP contribution in [0.15, 0.2) is 18.2 Å². The van der Waals surface area contributed by atoms with E-state index in [0.717, 1.165) is 19.5 Å². The summed E-state index contributed by atoms with van der Waals surface area (Å²) < 4.78 is 0. The molecule has 1 aromatic carbocycles. The zero-order valence-electron chi connectivity index (χ0n) is 11.6. The molecule has 2 atom stereocenters. The number of carbonyl (C=O) groups excluding carboxylic acids is 1. The van der Waals surface area contributed by atoms with Crippen LogP contribution in [0.4, 0.5) is 0 Å². The first kappa shape index (κ1) is 13.2. The van der Waals surface area contributed by atoms with Crippen LogP contribution in [0.5, 0.6) is 11.5 Å². The first-order chi connectivity index (χ1) is 9.58. The second kappa shape index (κ2) is 4.98. The second-order valence-electron chi connectivity index (χ2n) is 5.77. The van der Waals surface area contributed by atoms with Gasteiger partial charge in [0.05, 0.1) is 0 Å². The molecular weight excluding hydrogens is 256 g/mol. The molecule has 0 aliphatic carbocycles. The molecule has 0 saturated carbocycles. The minimum absolute atomic E-state index is 0.0193. The first-order valence-electron chi connectivity index (χ1n) is 7.14. The smallest absolute Gasteiger partial charge is 0.261 e. The molecule has 20 heavy (non-hydrogen) atoms. The van der Waals surface area contributed by atoms with Crippen LogP contribution in [0.25, 0.3) is 0 Å². The number of phenolic OH excluding ortho intramolecular Hbond substituents is 2. The van der Waals surface area contributed by atoms with Gasteiger partial charge in [0.25, 0.3) is 5.91 Å². The van der Waals surface area contributed by atoms with Gasteiger partial charge in [-0.1, -0.05) is 6.07 Å². The van der Waals surface area contributed by atoms with Crippen molar-refractivity contribution in [2.45, 2.75) is 31.8 Å². The minimum atomic E-state index is -0.278. The molecule has 0 spiro atoms. The first-order valence-corrected chi connectivity index (χ1v) is 7.14. The Hall–Kier alpha value is -1.75. The van der Waals surface area contributed by atoms with Gasteiger partial charge in [-0.25, -0.2) is 0 Å². The van der Waals surface area contributed by atoms with Gasteiger partial charge in [-0.3, -0.25) is 9.69 Å². The molecule has 1 aromatic rings. The summed E-state index contributed by atoms with van der Waals surface area (Å²) in [4.78, 5) is 16.8. The third-order valence-corrected chi connectivity index (χ3v) is 4.43. The largest absolute Gasteiger partial charge is 0.507 e. The fourth-order valence-electron chi connectivity index (χ4n) is 3.36. The number of fused-ring (bicyclic) bond motifs is 1. The van der Waals surface area contributed by atoms with E-state index >= 15 is 0 Å². The van der Waals surface area contributed by atoms with E-state index < -0.39 is 0 Å². The summed E-state index contributed by atoms with van der Waals surface area (Å²) in [6.45, 7) is 4.67. The Kier molecular flexibility index (Phi) is 3.30. The summed E-state index contributed by atoms with van der Waals surface area (Å²) in [6, 6.07) is 4.91. The number of hydrogen-bond donors (Lipinski definition) is 2. The van der Waals surface area contributed by atoms with E-state index in [-0.39, 0.29) is 29.0 Å². The average molecular weight is 276 g/mol. The number of benzene rings is 1. The van der Waals surface area contributed by atoms with Crippen molar-refractivity contribution in [3.8, 4) is 11.5 Å². The Morgan fingerprint density at radius 2 is 1.95 bits per heavy atom. The van der Waals surface area contributed by atoms with Gasteiger partial charge in [-0.15, -0.1) is 0 Å². The van der Waals surface area contributed by atoms with Gasteiger partial charge in [-0.2, -0.15) is 0 Å². The molecule has 3 rings (SSSR count). The van der Waals surface area contributed by atoms with E-state index in [2.05, 4.69) is 4.90 Å². The van der Waals surface area contributed by atoms with E-state index in [9.17, 15) is 15.0 Å². The number of rotatable bonds is 1. The Morgan fingerprint density at radius 1 is 1.25 bits per heavy atom. The summed E-state index contributed by atoms with van der Waals surface area (Å²) in [6.07, 6.45) is 2.30. The van der Waals surface area contributed by atoms with E-state index in [0.29, 0.717) is 12.6 Å². The minimum Gasteiger partial charge on any atom is -0.507 e. The highest BCUT2D eigenvalue weighted by molar-refractivity contribution is 5.99. The summed E-state index contributed by atoms with van der Waals surface area (Å²) in [5.41, 5.74) is 0.0193. The number of amides is 1. The summed E-state index contributed by atoms with van der Waals surface area (Å²) in [5, 5.41) is 19.7. The van der Waals surface area contributed by atoms with E-state index in [4.69, 9.17) is 0 Å². The van der Waals surface area contributed by atoms with Crippen LogP contribution in [0.3, 0.4) is 0 Å². The maximum Gasteiger partial charge on any atom is 0.261 e. The average Bonchev–Trinajstić information content (AvgIpc) is 2.84. The lowest BCUT2D eigenvalue weighted by molar-refractivity contribution is 0.0390. The third kappa shape index (κ3) is 2.12. The fraction of sp³-hybridized carbons (Fsp3) is 0.533. The van der Waals surface area contributed by atoms with Crippen LogP contribution in [0.1, 0.15) is 30.1 Å². The molecule has 2 saturated heterocycles. The van der Waals surface area contributed by atoms with Crippen LogP contribution < -0.4 is 0 Å². The molecule has 2 fully saturated rings. The lowest BCUT2D eigenvalue weighted by Crippen LogP contribution is -2.56. The standard InChI is InChI=1S/C15H20N2O3/c1-10-8-16-7-3-4-11(16)9-17(10)15(20)14-12(18)5-2-6-13(14)19/h2,5-6,10-11,18-19H,3-4,7-9H2,1H3. The topological polar surface area (TPSA) is 64.0 Å². The van der Waals surface area contributed by atoms with Crippen LogP contribution >= 0.6 is 0 Å². The Bertz CT molecular complexity index is 512. The van der Waals surface area contributed by atoms with Gasteiger partial charge in [0, 0.05) is 25.2 Å². The van der Waals surface area contributed by atoms with Gasteiger partial charge < -0.3 is 15.1 Å². The van der Waals surface area contributed by atoms with Crippen molar-refractivity contribution >= 4 is 5.91 Å². The molecule has 2 heterocycles. The number of carbonyl (C=O) groups is 1.